The Hall–Kier alpha value is -6.04. The largest absolute Gasteiger partial charge is 0.338 e. The zero-order valence-electron chi connectivity index (χ0n) is 23.4. The summed E-state index contributed by atoms with van der Waals surface area (Å²) in [5.74, 6) is -2.47. The number of aromatic nitrogens is 2. The molecule has 2 aromatic heterocycles. The van der Waals surface area contributed by atoms with E-state index < -0.39 is 35.7 Å². The third-order valence-electron chi connectivity index (χ3n) is 6.56. The van der Waals surface area contributed by atoms with Gasteiger partial charge in [0.05, 0.1) is 23.8 Å². The topological polar surface area (TPSA) is 167 Å². The van der Waals surface area contributed by atoms with Crippen LogP contribution in [0.2, 0.25) is 0 Å². The van der Waals surface area contributed by atoms with Crippen LogP contribution in [0, 0.1) is 0 Å². The smallest absolute Gasteiger partial charge is 0.270 e. The third kappa shape index (κ3) is 8.03. The Kier molecular flexibility index (Phi) is 9.52. The molecule has 2 aromatic carbocycles. The van der Waals surface area contributed by atoms with Gasteiger partial charge in [-0.15, -0.1) is 0 Å². The number of amides is 4. The molecule has 0 fully saturated rings. The van der Waals surface area contributed by atoms with Crippen molar-refractivity contribution in [3.8, 4) is 0 Å². The summed E-state index contributed by atoms with van der Waals surface area (Å²) in [6.45, 7) is 0. The van der Waals surface area contributed by atoms with Crippen LogP contribution in [0.5, 0.6) is 0 Å². The molecular weight excluding hydrogens is 560 g/mol. The Morgan fingerprint density at radius 2 is 0.932 bits per heavy atom. The fraction of sp³-hybridized carbons (Fsp3) is 0.125. The number of hydrogen-bond acceptors (Lipinski definition) is 8. The van der Waals surface area contributed by atoms with Crippen LogP contribution < -0.4 is 21.5 Å². The summed E-state index contributed by atoms with van der Waals surface area (Å²) in [7, 11) is 0. The van der Waals surface area contributed by atoms with Crippen molar-refractivity contribution in [2.45, 2.75) is 24.9 Å². The molecule has 12 nitrogen and oxygen atoms in total. The second kappa shape index (κ2) is 14.2. The summed E-state index contributed by atoms with van der Waals surface area (Å²) in [6.07, 6.45) is 3.05. The zero-order chi connectivity index (χ0) is 30.7. The summed E-state index contributed by atoms with van der Waals surface area (Å²) in [5.41, 5.74) is 7.17. The first-order chi connectivity index (χ1) is 21.4. The van der Waals surface area contributed by atoms with E-state index in [0.717, 1.165) is 11.1 Å². The molecule has 0 radical (unpaired) electrons. The Morgan fingerprint density at radius 3 is 1.39 bits per heavy atom. The third-order valence-corrected chi connectivity index (χ3v) is 6.56. The molecule has 2 atom stereocenters. The van der Waals surface area contributed by atoms with E-state index in [-0.39, 0.29) is 24.2 Å². The molecule has 1 aliphatic rings. The monoisotopic (exact) mass is 588 g/mol. The molecule has 1 aliphatic heterocycles. The summed E-state index contributed by atoms with van der Waals surface area (Å²) in [4.78, 5) is 61.4. The lowest BCUT2D eigenvalue weighted by atomic mass is 10.0. The lowest BCUT2D eigenvalue weighted by Crippen LogP contribution is -2.48. The van der Waals surface area contributed by atoms with Crippen molar-refractivity contribution in [3.05, 3.63) is 131 Å². The second-order valence-corrected chi connectivity index (χ2v) is 9.80. The van der Waals surface area contributed by atoms with E-state index >= 15 is 0 Å². The SMILES string of the molecule is O=C1NC(Cc2ccccc2)C(=O)N/N=C\c2cccc(n2)/C=N\NC(=O)C(Cc2ccccc2)NC(=O)c2cccc1n2. The normalized spacial score (nSPS) is 19.0. The molecule has 0 aliphatic carbocycles. The van der Waals surface area contributed by atoms with Gasteiger partial charge in [-0.3, -0.25) is 19.2 Å². The minimum atomic E-state index is -1.02. The maximum atomic E-state index is 13.3. The van der Waals surface area contributed by atoms with Crippen molar-refractivity contribution in [2.24, 2.45) is 10.2 Å². The average Bonchev–Trinajstić information content (AvgIpc) is 3.05. The Morgan fingerprint density at radius 1 is 0.500 bits per heavy atom. The van der Waals surface area contributed by atoms with E-state index in [0.29, 0.717) is 11.4 Å². The number of benzene rings is 2. The molecule has 4 aromatic rings. The number of fused-ring (bicyclic) bond motifs is 4. The summed E-state index contributed by atoms with van der Waals surface area (Å²) in [6, 6.07) is 25.7. The van der Waals surface area contributed by atoms with E-state index in [1.165, 1.54) is 30.6 Å². The maximum Gasteiger partial charge on any atom is 0.270 e. The van der Waals surface area contributed by atoms with Crippen LogP contribution in [-0.4, -0.2) is 58.1 Å². The predicted octanol–water partition coefficient (Wildman–Crippen LogP) is 1.77. The fourth-order valence-electron chi connectivity index (χ4n) is 4.36. The number of hydrazone groups is 2. The minimum absolute atomic E-state index is 0.0870. The summed E-state index contributed by atoms with van der Waals surface area (Å²) >= 11 is 0. The molecule has 0 saturated carbocycles. The van der Waals surface area contributed by atoms with Crippen LogP contribution in [0.1, 0.15) is 43.5 Å². The quantitative estimate of drug-likeness (QED) is 0.284. The number of nitrogens with zero attached hydrogens (tertiary/aromatic N) is 4. The van der Waals surface area contributed by atoms with E-state index in [1.54, 1.807) is 18.2 Å². The molecule has 2 unspecified atom stereocenters. The average molecular weight is 589 g/mol. The van der Waals surface area contributed by atoms with Gasteiger partial charge >= 0.3 is 0 Å². The lowest BCUT2D eigenvalue weighted by molar-refractivity contribution is -0.123. The Bertz CT molecular complexity index is 1590. The van der Waals surface area contributed by atoms with Crippen molar-refractivity contribution in [1.82, 2.24) is 31.5 Å². The molecule has 4 amide bonds. The van der Waals surface area contributed by atoms with Crippen LogP contribution >= 0.6 is 0 Å². The molecule has 4 bridgehead atoms. The standard InChI is InChI=1S/C32H28N8O4/c41-29-25-15-8-16-26(36-25)30(42)38-28(18-22-11-5-2-6-12-22)32(44)40-34-20-24-14-7-13-23(35-24)19-33-39-31(43)27(37-29)17-21-9-3-1-4-10-21/h1-16,19-20,27-28H,17-18H2,(H,37,41)(H,38,42)(H,39,43)(H,40,44)/b33-19-,34-20-. The molecule has 4 N–H and O–H groups in total. The first kappa shape index (κ1) is 29.5. The van der Waals surface area contributed by atoms with E-state index in [2.05, 4.69) is 41.7 Å². The fourth-order valence-corrected chi connectivity index (χ4v) is 4.36. The molecular formula is C32H28N8O4. The first-order valence-electron chi connectivity index (χ1n) is 13.7. The molecule has 3 heterocycles. The van der Waals surface area contributed by atoms with Gasteiger partial charge in [-0.25, -0.2) is 20.8 Å². The van der Waals surface area contributed by atoms with Gasteiger partial charge in [0.25, 0.3) is 23.6 Å². The van der Waals surface area contributed by atoms with Crippen LogP contribution in [0.4, 0.5) is 0 Å². The number of nitrogens with one attached hydrogen (secondary N) is 4. The van der Waals surface area contributed by atoms with E-state index in [4.69, 9.17) is 0 Å². The van der Waals surface area contributed by atoms with Crippen LogP contribution in [0.15, 0.2) is 107 Å². The summed E-state index contributed by atoms with van der Waals surface area (Å²) in [5, 5.41) is 13.4. The van der Waals surface area contributed by atoms with Crippen molar-refractivity contribution in [1.29, 1.82) is 0 Å². The highest BCUT2D eigenvalue weighted by Crippen LogP contribution is 2.08. The highest BCUT2D eigenvalue weighted by atomic mass is 16.2. The van der Waals surface area contributed by atoms with Crippen molar-refractivity contribution in [3.63, 3.8) is 0 Å². The second-order valence-electron chi connectivity index (χ2n) is 9.80. The highest BCUT2D eigenvalue weighted by molar-refractivity contribution is 5.99. The first-order valence-corrected chi connectivity index (χ1v) is 13.7. The zero-order valence-corrected chi connectivity index (χ0v) is 23.4. The Balaban J connectivity index is 1.47. The number of hydrogen-bond donors (Lipinski definition) is 4. The van der Waals surface area contributed by atoms with Gasteiger partial charge in [0.2, 0.25) is 0 Å². The molecule has 220 valence electrons. The van der Waals surface area contributed by atoms with Crippen molar-refractivity contribution >= 4 is 36.1 Å². The van der Waals surface area contributed by atoms with Gasteiger partial charge in [0, 0.05) is 12.8 Å². The lowest BCUT2D eigenvalue weighted by Gasteiger charge is -2.18. The van der Waals surface area contributed by atoms with Gasteiger partial charge in [-0.1, -0.05) is 72.8 Å². The van der Waals surface area contributed by atoms with Crippen molar-refractivity contribution < 1.29 is 19.2 Å². The molecule has 5 rings (SSSR count). The molecule has 0 spiro atoms. The van der Waals surface area contributed by atoms with E-state index in [9.17, 15) is 19.2 Å². The number of pyridine rings is 2. The van der Waals surface area contributed by atoms with Crippen molar-refractivity contribution in [2.75, 3.05) is 0 Å². The predicted molar refractivity (Wildman–Crippen MR) is 163 cm³/mol. The van der Waals surface area contributed by atoms with Gasteiger partial charge in [-0.2, -0.15) is 10.2 Å². The number of rotatable bonds is 4. The van der Waals surface area contributed by atoms with Crippen LogP contribution in [0.3, 0.4) is 0 Å². The van der Waals surface area contributed by atoms with Gasteiger partial charge in [0.15, 0.2) is 0 Å². The van der Waals surface area contributed by atoms with E-state index in [1.807, 2.05) is 60.7 Å². The molecule has 0 saturated heterocycles. The summed E-state index contributed by atoms with van der Waals surface area (Å²) < 4.78 is 0. The van der Waals surface area contributed by atoms with Crippen LogP contribution in [-0.2, 0) is 22.4 Å². The molecule has 12 heteroatoms. The Labute approximate surface area is 252 Å². The van der Waals surface area contributed by atoms with Crippen LogP contribution in [0.25, 0.3) is 0 Å². The number of carbonyl (C=O) groups excluding carboxylic acids is 4. The van der Waals surface area contributed by atoms with Gasteiger partial charge in [-0.05, 0) is 35.4 Å². The number of carbonyl (C=O) groups is 4. The maximum absolute atomic E-state index is 13.3. The minimum Gasteiger partial charge on any atom is -0.338 e. The highest BCUT2D eigenvalue weighted by Gasteiger charge is 2.25. The van der Waals surface area contributed by atoms with Gasteiger partial charge < -0.3 is 10.6 Å². The molecule has 44 heavy (non-hydrogen) atoms. The van der Waals surface area contributed by atoms with Gasteiger partial charge in [0.1, 0.15) is 23.5 Å².